The van der Waals surface area contributed by atoms with Gasteiger partial charge in [-0.15, -0.1) is 0 Å². The lowest BCUT2D eigenvalue weighted by molar-refractivity contribution is -0.151. The molecule has 1 heterocycles. The summed E-state index contributed by atoms with van der Waals surface area (Å²) in [6, 6.07) is -0.0732. The zero-order chi connectivity index (χ0) is 14.5. The van der Waals surface area contributed by atoms with Crippen molar-refractivity contribution in [3.8, 4) is 0 Å². The highest BCUT2D eigenvalue weighted by molar-refractivity contribution is 7.99. The Morgan fingerprint density at radius 2 is 2.00 bits per heavy atom. The SMILES string of the molecule is CCC1(C(=O)O)CCN(C(=O)NCC(C)SC)CC1. The van der Waals surface area contributed by atoms with Gasteiger partial charge in [-0.25, -0.2) is 4.79 Å². The first-order valence-corrected chi connectivity index (χ1v) is 8.03. The molecule has 1 unspecified atom stereocenters. The highest BCUT2D eigenvalue weighted by Gasteiger charge is 2.40. The standard InChI is InChI=1S/C13H24N2O3S/c1-4-13(11(16)17)5-7-15(8-6-13)12(18)14-9-10(2)19-3/h10H,4-9H2,1-3H3,(H,14,18)(H,16,17). The molecule has 110 valence electrons. The number of piperidine rings is 1. The van der Waals surface area contributed by atoms with Crippen molar-refractivity contribution in [3.63, 3.8) is 0 Å². The van der Waals surface area contributed by atoms with Gasteiger partial charge in [0, 0.05) is 24.9 Å². The Kier molecular flexibility index (Phi) is 5.97. The van der Waals surface area contributed by atoms with Crippen LogP contribution in [0.25, 0.3) is 0 Å². The number of thioether (sulfide) groups is 1. The zero-order valence-electron chi connectivity index (χ0n) is 11.9. The summed E-state index contributed by atoms with van der Waals surface area (Å²) in [5.74, 6) is -0.730. The van der Waals surface area contributed by atoms with Gasteiger partial charge < -0.3 is 15.3 Å². The maximum absolute atomic E-state index is 11.9. The van der Waals surface area contributed by atoms with Crippen LogP contribution < -0.4 is 5.32 Å². The number of urea groups is 1. The van der Waals surface area contributed by atoms with Crippen LogP contribution in [0.15, 0.2) is 0 Å². The minimum absolute atomic E-state index is 0.0732. The number of carboxylic acids is 1. The van der Waals surface area contributed by atoms with E-state index in [1.165, 1.54) is 0 Å². The number of likely N-dealkylation sites (tertiary alicyclic amines) is 1. The smallest absolute Gasteiger partial charge is 0.317 e. The third-order valence-corrected chi connectivity index (χ3v) is 5.05. The van der Waals surface area contributed by atoms with Gasteiger partial charge in [-0.1, -0.05) is 13.8 Å². The van der Waals surface area contributed by atoms with Crippen LogP contribution in [0.2, 0.25) is 0 Å². The Balaban J connectivity index is 2.45. The summed E-state index contributed by atoms with van der Waals surface area (Å²) in [6.07, 6.45) is 3.73. The van der Waals surface area contributed by atoms with E-state index in [0.29, 0.717) is 44.1 Å². The lowest BCUT2D eigenvalue weighted by Crippen LogP contribution is -2.50. The minimum atomic E-state index is -0.730. The minimum Gasteiger partial charge on any atom is -0.481 e. The average Bonchev–Trinajstić information content (AvgIpc) is 2.44. The van der Waals surface area contributed by atoms with Crippen molar-refractivity contribution >= 4 is 23.8 Å². The summed E-state index contributed by atoms with van der Waals surface area (Å²) >= 11 is 1.71. The quantitative estimate of drug-likeness (QED) is 0.812. The molecular weight excluding hydrogens is 264 g/mol. The number of rotatable bonds is 5. The van der Waals surface area contributed by atoms with Crippen LogP contribution in [0.1, 0.15) is 33.1 Å². The number of amides is 2. The van der Waals surface area contributed by atoms with Gasteiger partial charge in [0.25, 0.3) is 0 Å². The highest BCUT2D eigenvalue weighted by Crippen LogP contribution is 2.35. The molecule has 19 heavy (non-hydrogen) atoms. The Labute approximate surface area is 119 Å². The fourth-order valence-corrected chi connectivity index (χ4v) is 2.53. The summed E-state index contributed by atoms with van der Waals surface area (Å²) in [4.78, 5) is 25.0. The number of aliphatic carboxylic acids is 1. The monoisotopic (exact) mass is 288 g/mol. The predicted octanol–water partition coefficient (Wildman–Crippen LogP) is 2.02. The first kappa shape index (κ1) is 16.1. The number of carboxylic acid groups (broad SMARTS) is 1. The molecule has 0 aromatic rings. The lowest BCUT2D eigenvalue weighted by Gasteiger charge is -2.38. The number of hydrogen-bond donors (Lipinski definition) is 2. The number of carbonyl (C=O) groups is 2. The first-order valence-electron chi connectivity index (χ1n) is 6.74. The first-order chi connectivity index (χ1) is 8.95. The molecule has 1 aliphatic heterocycles. The van der Waals surface area contributed by atoms with Gasteiger partial charge in [-0.05, 0) is 25.5 Å². The Morgan fingerprint density at radius 1 is 1.42 bits per heavy atom. The summed E-state index contributed by atoms with van der Waals surface area (Å²) in [6.45, 7) is 5.67. The third-order valence-electron chi connectivity index (χ3n) is 4.08. The number of nitrogens with zero attached hydrogens (tertiary/aromatic N) is 1. The molecule has 5 nitrogen and oxygen atoms in total. The summed E-state index contributed by atoms with van der Waals surface area (Å²) in [5.41, 5.74) is -0.636. The molecule has 1 atom stereocenters. The van der Waals surface area contributed by atoms with Crippen LogP contribution in [-0.4, -0.2) is 53.1 Å². The molecule has 0 aromatic heterocycles. The predicted molar refractivity (Wildman–Crippen MR) is 77.5 cm³/mol. The Morgan fingerprint density at radius 3 is 2.42 bits per heavy atom. The maximum atomic E-state index is 11.9. The fraction of sp³-hybridized carbons (Fsp3) is 0.846. The van der Waals surface area contributed by atoms with Crippen molar-refractivity contribution in [2.75, 3.05) is 25.9 Å². The molecule has 0 aliphatic carbocycles. The second-order valence-corrected chi connectivity index (χ2v) is 6.43. The number of carbonyl (C=O) groups excluding carboxylic acids is 1. The molecule has 2 N–H and O–H groups in total. The van der Waals surface area contributed by atoms with Gasteiger partial charge in [0.1, 0.15) is 0 Å². The van der Waals surface area contributed by atoms with E-state index >= 15 is 0 Å². The Bertz CT molecular complexity index is 328. The molecule has 0 radical (unpaired) electrons. The summed E-state index contributed by atoms with van der Waals surface area (Å²) in [5, 5.41) is 12.6. The van der Waals surface area contributed by atoms with E-state index < -0.39 is 11.4 Å². The van der Waals surface area contributed by atoms with Crippen LogP contribution in [-0.2, 0) is 4.79 Å². The summed E-state index contributed by atoms with van der Waals surface area (Å²) < 4.78 is 0. The van der Waals surface area contributed by atoms with Crippen molar-refractivity contribution in [1.82, 2.24) is 10.2 Å². The second-order valence-electron chi connectivity index (χ2n) is 5.16. The van der Waals surface area contributed by atoms with Crippen molar-refractivity contribution in [2.24, 2.45) is 5.41 Å². The molecule has 1 rings (SSSR count). The average molecular weight is 288 g/mol. The maximum Gasteiger partial charge on any atom is 0.317 e. The summed E-state index contributed by atoms with van der Waals surface area (Å²) in [7, 11) is 0. The van der Waals surface area contributed by atoms with Crippen molar-refractivity contribution in [1.29, 1.82) is 0 Å². The van der Waals surface area contributed by atoms with Crippen LogP contribution in [0.3, 0.4) is 0 Å². The van der Waals surface area contributed by atoms with Gasteiger partial charge in [-0.2, -0.15) is 11.8 Å². The molecule has 0 saturated carbocycles. The van der Waals surface area contributed by atoms with Gasteiger partial charge in [-0.3, -0.25) is 4.79 Å². The van der Waals surface area contributed by atoms with Gasteiger partial charge in [0.05, 0.1) is 5.41 Å². The normalized spacial score (nSPS) is 19.8. The van der Waals surface area contributed by atoms with Gasteiger partial charge in [0.2, 0.25) is 0 Å². The number of nitrogens with one attached hydrogen (secondary N) is 1. The topological polar surface area (TPSA) is 69.6 Å². The number of hydrogen-bond acceptors (Lipinski definition) is 3. The van der Waals surface area contributed by atoms with Crippen molar-refractivity contribution in [3.05, 3.63) is 0 Å². The van der Waals surface area contributed by atoms with Crippen LogP contribution >= 0.6 is 11.8 Å². The largest absolute Gasteiger partial charge is 0.481 e. The van der Waals surface area contributed by atoms with Crippen molar-refractivity contribution in [2.45, 2.75) is 38.4 Å². The van der Waals surface area contributed by atoms with Crippen LogP contribution in [0, 0.1) is 5.41 Å². The van der Waals surface area contributed by atoms with E-state index in [4.69, 9.17) is 0 Å². The van der Waals surface area contributed by atoms with E-state index in [0.717, 1.165) is 0 Å². The van der Waals surface area contributed by atoms with Crippen LogP contribution in [0.5, 0.6) is 0 Å². The molecule has 1 fully saturated rings. The highest BCUT2D eigenvalue weighted by atomic mass is 32.2. The van der Waals surface area contributed by atoms with Crippen LogP contribution in [0.4, 0.5) is 4.79 Å². The van der Waals surface area contributed by atoms with E-state index in [2.05, 4.69) is 12.2 Å². The molecule has 0 aromatic carbocycles. The molecular formula is C13H24N2O3S. The second kappa shape index (κ2) is 7.03. The fourth-order valence-electron chi connectivity index (χ4n) is 2.28. The van der Waals surface area contributed by atoms with Gasteiger partial charge in [0.15, 0.2) is 0 Å². The Hall–Kier alpha value is -0.910. The van der Waals surface area contributed by atoms with Gasteiger partial charge >= 0.3 is 12.0 Å². The van der Waals surface area contributed by atoms with E-state index in [9.17, 15) is 14.7 Å². The van der Waals surface area contributed by atoms with Crippen molar-refractivity contribution < 1.29 is 14.7 Å². The molecule has 1 aliphatic rings. The van der Waals surface area contributed by atoms with E-state index in [1.54, 1.807) is 16.7 Å². The lowest BCUT2D eigenvalue weighted by atomic mass is 9.76. The van der Waals surface area contributed by atoms with E-state index in [-0.39, 0.29) is 6.03 Å². The molecule has 0 bridgehead atoms. The van der Waals surface area contributed by atoms with E-state index in [1.807, 2.05) is 13.2 Å². The zero-order valence-corrected chi connectivity index (χ0v) is 12.8. The molecule has 1 saturated heterocycles. The molecule has 0 spiro atoms. The third kappa shape index (κ3) is 4.03. The molecule has 6 heteroatoms. The molecule has 2 amide bonds.